The van der Waals surface area contributed by atoms with Crippen molar-refractivity contribution in [2.45, 2.75) is 52.6 Å². The molecule has 0 spiro atoms. The topological polar surface area (TPSA) is 77.6 Å². The van der Waals surface area contributed by atoms with E-state index in [1.807, 2.05) is 31.2 Å². The summed E-state index contributed by atoms with van der Waals surface area (Å²) in [5.41, 5.74) is 3.36. The van der Waals surface area contributed by atoms with E-state index in [4.69, 9.17) is 11.6 Å². The van der Waals surface area contributed by atoms with Crippen molar-refractivity contribution in [3.8, 4) is 11.4 Å². The Morgan fingerprint density at radius 1 is 1.11 bits per heavy atom. The van der Waals surface area contributed by atoms with Gasteiger partial charge < -0.3 is 9.88 Å². The molecular weight excluding hydrogens is 467 g/mol. The number of aryl methyl sites for hydroxylation is 2. The predicted molar refractivity (Wildman–Crippen MR) is 133 cm³/mol. The van der Waals surface area contributed by atoms with Crippen LogP contribution in [0.2, 0.25) is 5.02 Å². The summed E-state index contributed by atoms with van der Waals surface area (Å²) in [6.45, 7) is 4.86. The van der Waals surface area contributed by atoms with Crippen LogP contribution in [0.3, 0.4) is 0 Å². The summed E-state index contributed by atoms with van der Waals surface area (Å²) in [5.74, 6) is 0.708. The van der Waals surface area contributed by atoms with E-state index >= 15 is 0 Å². The number of hydrogen-bond acceptors (Lipinski definition) is 4. The lowest BCUT2D eigenvalue weighted by atomic mass is 10.1. The summed E-state index contributed by atoms with van der Waals surface area (Å²) in [4.78, 5) is 13.2. The largest absolute Gasteiger partial charge is 0.319 e. The highest BCUT2D eigenvalue weighted by Gasteiger charge is 2.22. The minimum Gasteiger partial charge on any atom is -0.319 e. The predicted octanol–water partition coefficient (Wildman–Crippen LogP) is 5.58. The van der Waals surface area contributed by atoms with Crippen molar-refractivity contribution < 1.29 is 9.18 Å². The fourth-order valence-corrected chi connectivity index (χ4v) is 4.81. The molecule has 2 aromatic heterocycles. The molecule has 0 saturated heterocycles. The smallest absolute Gasteiger partial charge is 0.259 e. The number of aromatic nitrogens is 5. The maximum atomic E-state index is 14.7. The Morgan fingerprint density at radius 2 is 1.94 bits per heavy atom. The van der Waals surface area contributed by atoms with Crippen LogP contribution in [0.25, 0.3) is 11.4 Å². The number of rotatable bonds is 5. The van der Waals surface area contributed by atoms with E-state index in [1.54, 1.807) is 23.7 Å². The molecule has 180 valence electrons. The molecule has 0 saturated carbocycles. The van der Waals surface area contributed by atoms with Crippen LogP contribution >= 0.6 is 11.6 Å². The molecule has 7 nitrogen and oxygen atoms in total. The molecule has 1 aliphatic rings. The zero-order chi connectivity index (χ0) is 24.5. The van der Waals surface area contributed by atoms with Crippen LogP contribution in [0, 0.1) is 19.7 Å². The Morgan fingerprint density at radius 3 is 2.77 bits per heavy atom. The van der Waals surface area contributed by atoms with Gasteiger partial charge in [0.25, 0.3) is 5.91 Å². The van der Waals surface area contributed by atoms with Crippen LogP contribution in [0.4, 0.5) is 10.1 Å². The number of anilines is 1. The number of carbonyl (C=O) groups is 1. The zero-order valence-corrected chi connectivity index (χ0v) is 20.4. The van der Waals surface area contributed by atoms with Crippen LogP contribution in [0.1, 0.15) is 52.4 Å². The Balaban J connectivity index is 1.42. The normalized spacial score (nSPS) is 13.4. The van der Waals surface area contributed by atoms with E-state index in [9.17, 15) is 9.18 Å². The second-order valence-corrected chi connectivity index (χ2v) is 9.25. The number of nitrogens with zero attached hydrogens (tertiary/aromatic N) is 5. The molecule has 9 heteroatoms. The molecular formula is C26H26ClFN6O. The van der Waals surface area contributed by atoms with Crippen molar-refractivity contribution in [2.24, 2.45) is 0 Å². The minimum atomic E-state index is -0.517. The lowest BCUT2D eigenvalue weighted by Crippen LogP contribution is -2.15. The van der Waals surface area contributed by atoms with Gasteiger partial charge in [-0.3, -0.25) is 9.48 Å². The highest BCUT2D eigenvalue weighted by molar-refractivity contribution is 6.31. The van der Waals surface area contributed by atoms with E-state index in [1.165, 1.54) is 6.07 Å². The number of amides is 1. The molecule has 0 radical (unpaired) electrons. The van der Waals surface area contributed by atoms with Crippen molar-refractivity contribution >= 4 is 23.2 Å². The third-order valence-electron chi connectivity index (χ3n) is 6.47. The van der Waals surface area contributed by atoms with Crippen LogP contribution in [0.5, 0.6) is 0 Å². The average molecular weight is 493 g/mol. The summed E-state index contributed by atoms with van der Waals surface area (Å²) in [6.07, 6.45) is 4.18. The quantitative estimate of drug-likeness (QED) is 0.394. The van der Waals surface area contributed by atoms with Crippen molar-refractivity contribution in [1.82, 2.24) is 24.5 Å². The average Bonchev–Trinajstić information content (AvgIpc) is 3.26. The van der Waals surface area contributed by atoms with Gasteiger partial charge in [-0.25, -0.2) is 4.39 Å². The van der Waals surface area contributed by atoms with E-state index in [0.29, 0.717) is 39.9 Å². The highest BCUT2D eigenvalue weighted by Crippen LogP contribution is 2.28. The highest BCUT2D eigenvalue weighted by atomic mass is 35.5. The molecule has 2 aromatic carbocycles. The molecule has 1 amide bonds. The summed E-state index contributed by atoms with van der Waals surface area (Å²) in [5, 5.41) is 16.6. The molecule has 4 aromatic rings. The van der Waals surface area contributed by atoms with Crippen molar-refractivity contribution in [3.05, 3.63) is 81.6 Å². The van der Waals surface area contributed by atoms with Gasteiger partial charge in [0.2, 0.25) is 0 Å². The van der Waals surface area contributed by atoms with Gasteiger partial charge in [-0.05, 0) is 56.5 Å². The molecule has 0 aliphatic carbocycles. The monoisotopic (exact) mass is 492 g/mol. The van der Waals surface area contributed by atoms with Crippen LogP contribution in [-0.2, 0) is 19.5 Å². The SMILES string of the molecule is Cc1nn(Cc2ccccc2Cl)c(C)c1C(=O)Nc1cc(-c2nnc3n2CCCCC3)ccc1F. The van der Waals surface area contributed by atoms with E-state index in [2.05, 4.69) is 25.2 Å². The first-order valence-electron chi connectivity index (χ1n) is 11.7. The second-order valence-electron chi connectivity index (χ2n) is 8.85. The third kappa shape index (κ3) is 4.58. The summed E-state index contributed by atoms with van der Waals surface area (Å²) < 4.78 is 18.6. The Kier molecular flexibility index (Phi) is 6.38. The number of benzene rings is 2. The summed E-state index contributed by atoms with van der Waals surface area (Å²) in [7, 11) is 0. The van der Waals surface area contributed by atoms with Gasteiger partial charge in [-0.15, -0.1) is 10.2 Å². The number of hydrogen-bond donors (Lipinski definition) is 1. The first-order chi connectivity index (χ1) is 16.9. The van der Waals surface area contributed by atoms with Gasteiger partial charge in [-0.1, -0.05) is 36.2 Å². The maximum Gasteiger partial charge on any atom is 0.259 e. The second kappa shape index (κ2) is 9.62. The van der Waals surface area contributed by atoms with E-state index < -0.39 is 11.7 Å². The van der Waals surface area contributed by atoms with Crippen molar-refractivity contribution in [3.63, 3.8) is 0 Å². The van der Waals surface area contributed by atoms with Crippen LogP contribution in [0.15, 0.2) is 42.5 Å². The number of nitrogens with one attached hydrogen (secondary N) is 1. The Hall–Kier alpha value is -3.52. The number of halogens is 2. The molecule has 5 rings (SSSR count). The first-order valence-corrected chi connectivity index (χ1v) is 12.1. The van der Waals surface area contributed by atoms with Gasteiger partial charge in [0, 0.05) is 29.2 Å². The van der Waals surface area contributed by atoms with Gasteiger partial charge in [-0.2, -0.15) is 5.10 Å². The van der Waals surface area contributed by atoms with Crippen molar-refractivity contribution in [2.75, 3.05) is 5.32 Å². The van der Waals surface area contributed by atoms with Gasteiger partial charge >= 0.3 is 0 Å². The van der Waals surface area contributed by atoms with Crippen LogP contribution in [-0.4, -0.2) is 30.5 Å². The lowest BCUT2D eigenvalue weighted by molar-refractivity contribution is 0.102. The fourth-order valence-electron chi connectivity index (χ4n) is 4.61. The van der Waals surface area contributed by atoms with Crippen molar-refractivity contribution in [1.29, 1.82) is 0 Å². The summed E-state index contributed by atoms with van der Waals surface area (Å²) >= 11 is 6.30. The summed E-state index contributed by atoms with van der Waals surface area (Å²) in [6, 6.07) is 12.2. The molecule has 3 heterocycles. The molecule has 0 bridgehead atoms. The molecule has 0 atom stereocenters. The molecule has 1 aliphatic heterocycles. The van der Waals surface area contributed by atoms with Gasteiger partial charge in [0.05, 0.1) is 23.5 Å². The number of fused-ring (bicyclic) bond motifs is 1. The zero-order valence-electron chi connectivity index (χ0n) is 19.7. The maximum absolute atomic E-state index is 14.7. The van der Waals surface area contributed by atoms with Gasteiger partial charge in [0.15, 0.2) is 5.82 Å². The molecule has 1 N–H and O–H groups in total. The lowest BCUT2D eigenvalue weighted by Gasteiger charge is -2.11. The minimum absolute atomic E-state index is 0.0936. The Labute approximate surface area is 207 Å². The Bertz CT molecular complexity index is 1410. The molecule has 0 unspecified atom stereocenters. The molecule has 0 fully saturated rings. The standard InChI is InChI=1S/C26H26ClFN6O/c1-16-24(17(2)34(32-16)15-19-8-5-6-9-20(19)27)26(35)29-22-14-18(11-12-21(22)28)25-31-30-23-10-4-3-7-13-33(23)25/h5-6,8-9,11-12,14H,3-4,7,10,13,15H2,1-2H3,(H,29,35). The number of carbonyl (C=O) groups excluding carboxylic acids is 1. The van der Waals surface area contributed by atoms with Crippen LogP contribution < -0.4 is 5.32 Å². The molecule has 35 heavy (non-hydrogen) atoms. The van der Waals surface area contributed by atoms with E-state index in [-0.39, 0.29) is 5.69 Å². The third-order valence-corrected chi connectivity index (χ3v) is 6.84. The van der Waals surface area contributed by atoms with E-state index in [0.717, 1.165) is 43.6 Å². The van der Waals surface area contributed by atoms with Gasteiger partial charge in [0.1, 0.15) is 11.6 Å². The fraction of sp³-hybridized carbons (Fsp3) is 0.308. The first kappa shape index (κ1) is 23.2.